The minimum Gasteiger partial charge on any atom is -0.359 e. The second-order valence-electron chi connectivity index (χ2n) is 5.42. The normalized spacial score (nSPS) is 11.0. The summed E-state index contributed by atoms with van der Waals surface area (Å²) in [5, 5.41) is 12.8. The monoisotopic (exact) mass is 353 g/mol. The van der Waals surface area contributed by atoms with Crippen molar-refractivity contribution in [1.29, 1.82) is 5.26 Å². The number of sulfonamides is 1. The SMILES string of the molecule is Cc1cc(CN(c2ccccc2)S(=O)(=O)c2cccc(C#N)c2)on1. The fourth-order valence-corrected chi connectivity index (χ4v) is 3.87. The van der Waals surface area contributed by atoms with Crippen molar-refractivity contribution in [2.24, 2.45) is 0 Å². The summed E-state index contributed by atoms with van der Waals surface area (Å²) >= 11 is 0. The average Bonchev–Trinajstić information content (AvgIpc) is 3.05. The Kier molecular flexibility index (Phi) is 4.55. The zero-order valence-corrected chi connectivity index (χ0v) is 14.3. The summed E-state index contributed by atoms with van der Waals surface area (Å²) < 4.78 is 32.8. The number of nitrogens with zero attached hydrogens (tertiary/aromatic N) is 3. The maximum Gasteiger partial charge on any atom is 0.264 e. The Bertz CT molecular complexity index is 1020. The molecule has 25 heavy (non-hydrogen) atoms. The highest BCUT2D eigenvalue weighted by Gasteiger charge is 2.26. The number of para-hydroxylation sites is 1. The van der Waals surface area contributed by atoms with Gasteiger partial charge in [0.1, 0.15) is 0 Å². The fraction of sp³-hybridized carbons (Fsp3) is 0.111. The van der Waals surface area contributed by atoms with E-state index in [4.69, 9.17) is 9.78 Å². The van der Waals surface area contributed by atoms with E-state index < -0.39 is 10.0 Å². The first-order valence-corrected chi connectivity index (χ1v) is 8.95. The van der Waals surface area contributed by atoms with E-state index in [-0.39, 0.29) is 17.0 Å². The topological polar surface area (TPSA) is 87.2 Å². The lowest BCUT2D eigenvalue weighted by atomic mass is 10.2. The minimum absolute atomic E-state index is 0.00394. The number of benzene rings is 2. The molecule has 3 aromatic rings. The van der Waals surface area contributed by atoms with Gasteiger partial charge in [0.25, 0.3) is 10.0 Å². The summed E-state index contributed by atoms with van der Waals surface area (Å²) in [6.07, 6.45) is 0. The molecule has 0 aliphatic heterocycles. The molecule has 1 aromatic heterocycles. The number of aromatic nitrogens is 1. The maximum atomic E-state index is 13.2. The number of anilines is 1. The molecule has 0 bridgehead atoms. The molecule has 2 aromatic carbocycles. The molecule has 0 amide bonds. The van der Waals surface area contributed by atoms with Crippen LogP contribution in [0.15, 0.2) is 70.1 Å². The lowest BCUT2D eigenvalue weighted by Gasteiger charge is -2.23. The van der Waals surface area contributed by atoms with Crippen molar-refractivity contribution in [2.45, 2.75) is 18.4 Å². The Morgan fingerprint density at radius 2 is 1.88 bits per heavy atom. The molecule has 0 aliphatic rings. The second kappa shape index (κ2) is 6.79. The highest BCUT2D eigenvalue weighted by Crippen LogP contribution is 2.26. The van der Waals surface area contributed by atoms with Crippen molar-refractivity contribution in [1.82, 2.24) is 5.16 Å². The molecule has 7 heteroatoms. The molecular formula is C18H15N3O3S. The second-order valence-corrected chi connectivity index (χ2v) is 7.28. The Balaban J connectivity index is 2.08. The quantitative estimate of drug-likeness (QED) is 0.702. The van der Waals surface area contributed by atoms with Gasteiger partial charge in [0.2, 0.25) is 0 Å². The highest BCUT2D eigenvalue weighted by atomic mass is 32.2. The van der Waals surface area contributed by atoms with Gasteiger partial charge in [-0.25, -0.2) is 8.42 Å². The van der Waals surface area contributed by atoms with Crippen LogP contribution in [0.25, 0.3) is 0 Å². The lowest BCUT2D eigenvalue weighted by Crippen LogP contribution is -2.30. The third-order valence-corrected chi connectivity index (χ3v) is 5.34. The van der Waals surface area contributed by atoms with E-state index >= 15 is 0 Å². The van der Waals surface area contributed by atoms with E-state index in [1.165, 1.54) is 16.4 Å². The predicted molar refractivity (Wildman–Crippen MR) is 92.2 cm³/mol. The van der Waals surface area contributed by atoms with Crippen molar-refractivity contribution in [3.05, 3.63) is 77.7 Å². The highest BCUT2D eigenvalue weighted by molar-refractivity contribution is 7.92. The van der Waals surface area contributed by atoms with E-state index in [2.05, 4.69) is 5.16 Å². The molecule has 0 saturated carbocycles. The Morgan fingerprint density at radius 3 is 2.52 bits per heavy atom. The molecule has 0 atom stereocenters. The molecule has 0 fully saturated rings. The summed E-state index contributed by atoms with van der Waals surface area (Å²) in [6, 6.07) is 18.3. The van der Waals surface area contributed by atoms with Gasteiger partial charge in [-0.05, 0) is 37.3 Å². The first-order chi connectivity index (χ1) is 12.0. The number of nitriles is 1. The van der Waals surface area contributed by atoms with E-state index in [1.807, 2.05) is 12.1 Å². The van der Waals surface area contributed by atoms with Crippen LogP contribution in [0.3, 0.4) is 0 Å². The summed E-state index contributed by atoms with van der Waals surface area (Å²) in [6.45, 7) is 1.77. The first kappa shape index (κ1) is 16.7. The zero-order chi connectivity index (χ0) is 17.9. The van der Waals surface area contributed by atoms with Gasteiger partial charge in [0, 0.05) is 6.07 Å². The van der Waals surface area contributed by atoms with Gasteiger partial charge < -0.3 is 4.52 Å². The van der Waals surface area contributed by atoms with Crippen LogP contribution in [0.1, 0.15) is 17.0 Å². The molecule has 0 saturated heterocycles. The molecule has 0 aliphatic carbocycles. The first-order valence-electron chi connectivity index (χ1n) is 7.51. The Labute approximate surface area is 146 Å². The third kappa shape index (κ3) is 3.54. The average molecular weight is 353 g/mol. The third-order valence-electron chi connectivity index (χ3n) is 3.57. The van der Waals surface area contributed by atoms with E-state index in [0.717, 1.165) is 0 Å². The summed E-state index contributed by atoms with van der Waals surface area (Å²) in [7, 11) is -3.88. The molecule has 1 heterocycles. The van der Waals surface area contributed by atoms with Crippen LogP contribution in [0, 0.1) is 18.3 Å². The van der Waals surface area contributed by atoms with Crippen LogP contribution in [-0.2, 0) is 16.6 Å². The minimum atomic E-state index is -3.88. The molecule has 0 radical (unpaired) electrons. The van der Waals surface area contributed by atoms with Crippen LogP contribution in [0.2, 0.25) is 0 Å². The molecule has 0 spiro atoms. The summed E-state index contributed by atoms with van der Waals surface area (Å²) in [5.41, 5.74) is 1.45. The molecule has 0 unspecified atom stereocenters. The van der Waals surface area contributed by atoms with Crippen molar-refractivity contribution in [2.75, 3.05) is 4.31 Å². The van der Waals surface area contributed by atoms with Crippen molar-refractivity contribution < 1.29 is 12.9 Å². The van der Waals surface area contributed by atoms with Gasteiger partial charge in [-0.15, -0.1) is 0 Å². The number of hydrogen-bond acceptors (Lipinski definition) is 5. The van der Waals surface area contributed by atoms with E-state index in [0.29, 0.717) is 17.1 Å². The van der Waals surface area contributed by atoms with Crippen LogP contribution in [-0.4, -0.2) is 13.6 Å². The Morgan fingerprint density at radius 1 is 1.12 bits per heavy atom. The van der Waals surface area contributed by atoms with Crippen LogP contribution in [0.5, 0.6) is 0 Å². The van der Waals surface area contributed by atoms with Crippen LogP contribution in [0.4, 0.5) is 5.69 Å². The van der Waals surface area contributed by atoms with Crippen LogP contribution < -0.4 is 4.31 Å². The standard InChI is InChI=1S/C18H15N3O3S/c1-14-10-17(24-20-14)13-21(16-7-3-2-4-8-16)25(22,23)18-9-5-6-15(11-18)12-19/h2-11H,13H2,1H3. The fourth-order valence-electron chi connectivity index (χ4n) is 2.39. The van der Waals surface area contributed by atoms with E-state index in [9.17, 15) is 8.42 Å². The molecule has 0 N–H and O–H groups in total. The van der Waals surface area contributed by atoms with Gasteiger partial charge >= 0.3 is 0 Å². The van der Waals surface area contributed by atoms with Gasteiger partial charge in [0.15, 0.2) is 5.76 Å². The van der Waals surface area contributed by atoms with Crippen molar-refractivity contribution in [3.63, 3.8) is 0 Å². The predicted octanol–water partition coefficient (Wildman–Crippen LogP) is 3.25. The lowest BCUT2D eigenvalue weighted by molar-refractivity contribution is 0.381. The van der Waals surface area contributed by atoms with Crippen LogP contribution >= 0.6 is 0 Å². The van der Waals surface area contributed by atoms with Crippen molar-refractivity contribution >= 4 is 15.7 Å². The van der Waals surface area contributed by atoms with Gasteiger partial charge in [-0.2, -0.15) is 5.26 Å². The maximum absolute atomic E-state index is 13.2. The van der Waals surface area contributed by atoms with E-state index in [1.54, 1.807) is 49.4 Å². The smallest absolute Gasteiger partial charge is 0.264 e. The van der Waals surface area contributed by atoms with Gasteiger partial charge in [-0.1, -0.05) is 29.4 Å². The molecule has 3 rings (SSSR count). The summed E-state index contributed by atoms with van der Waals surface area (Å²) in [4.78, 5) is 0.0478. The molecule has 6 nitrogen and oxygen atoms in total. The summed E-state index contributed by atoms with van der Waals surface area (Å²) in [5.74, 6) is 0.432. The number of hydrogen-bond donors (Lipinski definition) is 0. The molecule has 126 valence electrons. The molecular weight excluding hydrogens is 338 g/mol. The number of aryl methyl sites for hydroxylation is 1. The van der Waals surface area contributed by atoms with Crippen molar-refractivity contribution in [3.8, 4) is 6.07 Å². The van der Waals surface area contributed by atoms with Gasteiger partial charge in [-0.3, -0.25) is 4.31 Å². The Hall–Kier alpha value is -3.11. The largest absolute Gasteiger partial charge is 0.359 e. The van der Waals surface area contributed by atoms with Gasteiger partial charge in [0.05, 0.1) is 34.5 Å². The number of rotatable bonds is 5. The zero-order valence-electron chi connectivity index (χ0n) is 13.5.